The van der Waals surface area contributed by atoms with Crippen molar-refractivity contribution in [2.75, 3.05) is 7.11 Å². The van der Waals surface area contributed by atoms with Crippen LogP contribution in [0.2, 0.25) is 0 Å². The number of esters is 1. The predicted octanol–water partition coefficient (Wildman–Crippen LogP) is 2.84. The highest BCUT2D eigenvalue weighted by Crippen LogP contribution is 2.55. The lowest BCUT2D eigenvalue weighted by molar-refractivity contribution is -0.145. The van der Waals surface area contributed by atoms with Gasteiger partial charge in [-0.15, -0.1) is 0 Å². The zero-order valence-corrected chi connectivity index (χ0v) is 14.8. The quantitative estimate of drug-likeness (QED) is 0.785. The van der Waals surface area contributed by atoms with Crippen LogP contribution in [0, 0.1) is 23.2 Å². The molecular weight excluding hydrogens is 292 g/mol. The van der Waals surface area contributed by atoms with Crippen LogP contribution in [0.1, 0.15) is 59.3 Å². The molecular formula is C18H30N2O3. The Balaban J connectivity index is 1.66. The number of carbonyl (C=O) groups is 2. The number of ether oxygens (including phenoxy) is 1. The molecule has 4 aliphatic rings. The van der Waals surface area contributed by atoms with Crippen LogP contribution in [-0.4, -0.2) is 30.7 Å². The summed E-state index contributed by atoms with van der Waals surface area (Å²) in [4.78, 5) is 24.6. The van der Waals surface area contributed by atoms with E-state index in [2.05, 4.69) is 10.6 Å². The SMILES string of the molecule is COC(=O)[C@@H](NC(=O)NC12CC3CC(CC(C3)C1)C2)C(C)(C)C. The molecule has 4 fully saturated rings. The van der Waals surface area contributed by atoms with Gasteiger partial charge in [0.2, 0.25) is 0 Å². The number of methoxy groups -OCH3 is 1. The van der Waals surface area contributed by atoms with Gasteiger partial charge in [0, 0.05) is 5.54 Å². The molecule has 0 saturated heterocycles. The van der Waals surface area contributed by atoms with Crippen LogP contribution in [0.4, 0.5) is 4.79 Å². The van der Waals surface area contributed by atoms with Crippen molar-refractivity contribution in [1.29, 1.82) is 0 Å². The summed E-state index contributed by atoms with van der Waals surface area (Å²) in [6, 6.07) is -0.862. The molecule has 0 heterocycles. The maximum Gasteiger partial charge on any atom is 0.328 e. The number of hydrogen-bond acceptors (Lipinski definition) is 3. The van der Waals surface area contributed by atoms with E-state index in [-0.39, 0.29) is 17.0 Å². The normalized spacial score (nSPS) is 36.4. The van der Waals surface area contributed by atoms with E-state index in [0.29, 0.717) is 0 Å². The summed E-state index contributed by atoms with van der Waals surface area (Å²) in [5.74, 6) is 1.94. The van der Waals surface area contributed by atoms with Crippen molar-refractivity contribution < 1.29 is 14.3 Å². The standard InChI is InChI=1S/C18H30N2O3/c1-17(2,3)14(15(21)23-4)19-16(22)20-18-8-11-5-12(9-18)7-13(6-11)10-18/h11-14H,5-10H2,1-4H3,(H2,19,20,22)/t11?,12?,13?,14-,18?/m1/s1. The number of urea groups is 1. The third kappa shape index (κ3) is 3.33. The lowest BCUT2D eigenvalue weighted by Crippen LogP contribution is -2.63. The number of nitrogens with one attached hydrogen (secondary N) is 2. The fraction of sp³-hybridized carbons (Fsp3) is 0.889. The molecule has 4 aliphatic carbocycles. The third-order valence-electron chi connectivity index (χ3n) is 6.00. The van der Waals surface area contributed by atoms with Crippen LogP contribution in [0.3, 0.4) is 0 Å². The van der Waals surface area contributed by atoms with Gasteiger partial charge < -0.3 is 15.4 Å². The molecule has 5 heteroatoms. The number of amides is 2. The largest absolute Gasteiger partial charge is 0.467 e. The molecule has 0 aromatic heterocycles. The smallest absolute Gasteiger partial charge is 0.328 e. The summed E-state index contributed by atoms with van der Waals surface area (Å²) in [6.45, 7) is 5.79. The predicted molar refractivity (Wildman–Crippen MR) is 87.8 cm³/mol. The Bertz CT molecular complexity index is 460. The van der Waals surface area contributed by atoms with Crippen molar-refractivity contribution in [2.45, 2.75) is 70.9 Å². The number of rotatable bonds is 3. The Morgan fingerprint density at radius 2 is 1.52 bits per heavy atom. The third-order valence-corrected chi connectivity index (χ3v) is 6.00. The molecule has 0 aromatic rings. The molecule has 0 aromatic carbocycles. The van der Waals surface area contributed by atoms with Gasteiger partial charge in [0.1, 0.15) is 6.04 Å². The Hall–Kier alpha value is -1.26. The molecule has 2 N–H and O–H groups in total. The Morgan fingerprint density at radius 3 is 1.91 bits per heavy atom. The fourth-order valence-corrected chi connectivity index (χ4v) is 5.42. The van der Waals surface area contributed by atoms with Crippen LogP contribution < -0.4 is 10.6 Å². The van der Waals surface area contributed by atoms with Crippen molar-refractivity contribution in [3.8, 4) is 0 Å². The number of hydrogen-bond donors (Lipinski definition) is 2. The molecule has 23 heavy (non-hydrogen) atoms. The Morgan fingerprint density at radius 1 is 1.04 bits per heavy atom. The van der Waals surface area contributed by atoms with Gasteiger partial charge >= 0.3 is 12.0 Å². The highest BCUT2D eigenvalue weighted by Gasteiger charge is 2.51. The molecule has 1 atom stereocenters. The van der Waals surface area contributed by atoms with E-state index >= 15 is 0 Å². The average molecular weight is 322 g/mol. The summed E-state index contributed by atoms with van der Waals surface area (Å²) >= 11 is 0. The monoisotopic (exact) mass is 322 g/mol. The van der Waals surface area contributed by atoms with Gasteiger partial charge in [0.05, 0.1) is 7.11 Å². The first-order valence-corrected chi connectivity index (χ1v) is 8.87. The van der Waals surface area contributed by atoms with Crippen molar-refractivity contribution in [3.63, 3.8) is 0 Å². The molecule has 0 spiro atoms. The van der Waals surface area contributed by atoms with Crippen LogP contribution in [-0.2, 0) is 9.53 Å². The van der Waals surface area contributed by atoms with Crippen LogP contribution in [0.25, 0.3) is 0 Å². The minimum atomic E-state index is -0.638. The second kappa shape index (κ2) is 5.67. The van der Waals surface area contributed by atoms with Gasteiger partial charge in [-0.2, -0.15) is 0 Å². The molecule has 4 saturated carbocycles. The van der Waals surface area contributed by atoms with Gasteiger partial charge in [-0.05, 0) is 61.7 Å². The van der Waals surface area contributed by atoms with E-state index in [0.717, 1.165) is 37.0 Å². The van der Waals surface area contributed by atoms with Gasteiger partial charge in [-0.3, -0.25) is 0 Å². The van der Waals surface area contributed by atoms with Crippen molar-refractivity contribution in [3.05, 3.63) is 0 Å². The van der Waals surface area contributed by atoms with E-state index in [9.17, 15) is 9.59 Å². The van der Waals surface area contributed by atoms with Crippen molar-refractivity contribution in [1.82, 2.24) is 10.6 Å². The minimum absolute atomic E-state index is 0.0443. The van der Waals surface area contributed by atoms with E-state index < -0.39 is 12.0 Å². The van der Waals surface area contributed by atoms with Gasteiger partial charge in [0.15, 0.2) is 0 Å². The first kappa shape index (κ1) is 16.6. The van der Waals surface area contributed by atoms with E-state index in [1.807, 2.05) is 20.8 Å². The lowest BCUT2D eigenvalue weighted by atomic mass is 9.53. The summed E-state index contributed by atoms with van der Waals surface area (Å²) in [5.41, 5.74) is -0.427. The second-order valence-corrected chi connectivity index (χ2v) is 9.12. The minimum Gasteiger partial charge on any atom is -0.467 e. The molecule has 4 rings (SSSR count). The summed E-state index contributed by atoms with van der Waals surface area (Å²) in [5, 5.41) is 6.11. The molecule has 0 aliphatic heterocycles. The molecule has 0 radical (unpaired) electrons. The zero-order valence-electron chi connectivity index (χ0n) is 14.8. The van der Waals surface area contributed by atoms with E-state index in [1.54, 1.807) is 0 Å². The van der Waals surface area contributed by atoms with Gasteiger partial charge in [-0.1, -0.05) is 20.8 Å². The fourth-order valence-electron chi connectivity index (χ4n) is 5.42. The summed E-state index contributed by atoms with van der Waals surface area (Å²) in [6.07, 6.45) is 7.33. The van der Waals surface area contributed by atoms with Crippen LogP contribution in [0.15, 0.2) is 0 Å². The molecule has 5 nitrogen and oxygen atoms in total. The maximum atomic E-state index is 12.6. The van der Waals surface area contributed by atoms with Crippen LogP contribution >= 0.6 is 0 Å². The molecule has 130 valence electrons. The average Bonchev–Trinajstić information content (AvgIpc) is 2.40. The number of carbonyl (C=O) groups excluding carboxylic acids is 2. The highest BCUT2D eigenvalue weighted by molar-refractivity contribution is 5.84. The second-order valence-electron chi connectivity index (χ2n) is 9.12. The van der Waals surface area contributed by atoms with E-state index in [4.69, 9.17) is 4.74 Å². The van der Waals surface area contributed by atoms with E-state index in [1.165, 1.54) is 26.4 Å². The molecule has 4 bridgehead atoms. The molecule has 0 unspecified atom stereocenters. The first-order valence-electron chi connectivity index (χ1n) is 8.87. The summed E-state index contributed by atoms with van der Waals surface area (Å²) in [7, 11) is 1.36. The Kier molecular flexibility index (Phi) is 4.09. The van der Waals surface area contributed by atoms with Gasteiger partial charge in [-0.25, -0.2) is 9.59 Å². The molecule has 2 amide bonds. The maximum absolute atomic E-state index is 12.6. The Labute approximate surface area is 138 Å². The van der Waals surface area contributed by atoms with Gasteiger partial charge in [0.25, 0.3) is 0 Å². The highest BCUT2D eigenvalue weighted by atomic mass is 16.5. The van der Waals surface area contributed by atoms with Crippen LogP contribution in [0.5, 0.6) is 0 Å². The lowest BCUT2D eigenvalue weighted by Gasteiger charge is -2.56. The van der Waals surface area contributed by atoms with Crippen molar-refractivity contribution >= 4 is 12.0 Å². The zero-order chi connectivity index (χ0) is 16.8. The summed E-state index contributed by atoms with van der Waals surface area (Å²) < 4.78 is 4.85. The topological polar surface area (TPSA) is 67.4 Å². The van der Waals surface area contributed by atoms with Crippen molar-refractivity contribution in [2.24, 2.45) is 23.2 Å². The first-order chi connectivity index (χ1) is 10.7.